The standard InChI is InChI=1S/C19H15N3O3/c1-3-15(12-20-7-1)18-10-16(22-25-18)9-14-5-6-19(21-11-14)24-13-17-4-2-8-23-17/h1-8,10-12H,9,13H2. The third-order valence-corrected chi connectivity index (χ3v) is 3.63. The van der Waals surface area contributed by atoms with Gasteiger partial charge in [0.05, 0.1) is 12.0 Å². The van der Waals surface area contributed by atoms with Crippen molar-refractivity contribution in [1.82, 2.24) is 15.1 Å². The maximum atomic E-state index is 5.57. The summed E-state index contributed by atoms with van der Waals surface area (Å²) in [6.45, 7) is 0.358. The van der Waals surface area contributed by atoms with Gasteiger partial charge in [0.25, 0.3) is 0 Å². The fourth-order valence-corrected chi connectivity index (χ4v) is 2.39. The van der Waals surface area contributed by atoms with Gasteiger partial charge < -0.3 is 13.7 Å². The Morgan fingerprint density at radius 2 is 2.04 bits per heavy atom. The molecule has 0 radical (unpaired) electrons. The highest BCUT2D eigenvalue weighted by Crippen LogP contribution is 2.20. The van der Waals surface area contributed by atoms with Crippen LogP contribution in [-0.2, 0) is 13.0 Å². The van der Waals surface area contributed by atoms with E-state index in [2.05, 4.69) is 15.1 Å². The maximum Gasteiger partial charge on any atom is 0.213 e. The highest BCUT2D eigenvalue weighted by Gasteiger charge is 2.08. The van der Waals surface area contributed by atoms with Gasteiger partial charge in [-0.2, -0.15) is 0 Å². The number of rotatable bonds is 6. The van der Waals surface area contributed by atoms with Gasteiger partial charge in [-0.15, -0.1) is 0 Å². The average Bonchev–Trinajstić information content (AvgIpc) is 3.34. The predicted molar refractivity (Wildman–Crippen MR) is 89.8 cm³/mol. The first kappa shape index (κ1) is 15.1. The normalized spacial score (nSPS) is 10.7. The molecule has 0 aliphatic heterocycles. The van der Waals surface area contributed by atoms with Gasteiger partial charge in [-0.3, -0.25) is 4.98 Å². The quantitative estimate of drug-likeness (QED) is 0.533. The van der Waals surface area contributed by atoms with E-state index in [0.717, 1.165) is 22.6 Å². The maximum absolute atomic E-state index is 5.57. The zero-order valence-corrected chi connectivity index (χ0v) is 13.3. The van der Waals surface area contributed by atoms with Crippen LogP contribution in [-0.4, -0.2) is 15.1 Å². The third-order valence-electron chi connectivity index (χ3n) is 3.63. The van der Waals surface area contributed by atoms with Crippen LogP contribution in [0.5, 0.6) is 5.88 Å². The summed E-state index contributed by atoms with van der Waals surface area (Å²) in [5, 5.41) is 4.11. The van der Waals surface area contributed by atoms with Crippen LogP contribution in [0.25, 0.3) is 11.3 Å². The van der Waals surface area contributed by atoms with Gasteiger partial charge >= 0.3 is 0 Å². The van der Waals surface area contributed by atoms with Crippen molar-refractivity contribution in [2.75, 3.05) is 0 Å². The fourth-order valence-electron chi connectivity index (χ4n) is 2.39. The number of nitrogens with zero attached hydrogens (tertiary/aromatic N) is 3. The van der Waals surface area contributed by atoms with Crippen molar-refractivity contribution < 1.29 is 13.7 Å². The Labute approximate surface area is 144 Å². The van der Waals surface area contributed by atoms with E-state index in [4.69, 9.17) is 13.7 Å². The lowest BCUT2D eigenvalue weighted by atomic mass is 10.1. The largest absolute Gasteiger partial charge is 0.469 e. The Morgan fingerprint density at radius 1 is 1.04 bits per heavy atom. The van der Waals surface area contributed by atoms with Crippen molar-refractivity contribution >= 4 is 0 Å². The highest BCUT2D eigenvalue weighted by molar-refractivity contribution is 5.55. The van der Waals surface area contributed by atoms with Gasteiger partial charge in [-0.05, 0) is 29.8 Å². The Kier molecular flexibility index (Phi) is 4.24. The van der Waals surface area contributed by atoms with E-state index in [9.17, 15) is 0 Å². The smallest absolute Gasteiger partial charge is 0.213 e. The minimum absolute atomic E-state index is 0.358. The number of hydrogen-bond acceptors (Lipinski definition) is 6. The zero-order chi connectivity index (χ0) is 16.9. The molecule has 0 N–H and O–H groups in total. The van der Waals surface area contributed by atoms with Crippen LogP contribution < -0.4 is 4.74 Å². The summed E-state index contributed by atoms with van der Waals surface area (Å²) in [6, 6.07) is 13.2. The number of furan rings is 1. The fraction of sp³-hybridized carbons (Fsp3) is 0.105. The van der Waals surface area contributed by atoms with Gasteiger partial charge in [-0.25, -0.2) is 4.98 Å². The highest BCUT2D eigenvalue weighted by atomic mass is 16.5. The van der Waals surface area contributed by atoms with Crippen molar-refractivity contribution in [1.29, 1.82) is 0 Å². The molecule has 0 aliphatic carbocycles. The van der Waals surface area contributed by atoms with Gasteiger partial charge in [0.1, 0.15) is 12.4 Å². The Balaban J connectivity index is 1.39. The molecule has 6 nitrogen and oxygen atoms in total. The number of hydrogen-bond donors (Lipinski definition) is 0. The van der Waals surface area contributed by atoms with Crippen molar-refractivity contribution in [3.8, 4) is 17.2 Å². The van der Waals surface area contributed by atoms with E-state index >= 15 is 0 Å². The van der Waals surface area contributed by atoms with Crippen molar-refractivity contribution in [3.63, 3.8) is 0 Å². The second-order valence-corrected chi connectivity index (χ2v) is 5.47. The van der Waals surface area contributed by atoms with Crippen LogP contribution >= 0.6 is 0 Å². The van der Waals surface area contributed by atoms with Crippen LogP contribution in [0, 0.1) is 0 Å². The van der Waals surface area contributed by atoms with Crippen LogP contribution in [0.4, 0.5) is 0 Å². The lowest BCUT2D eigenvalue weighted by molar-refractivity contribution is 0.260. The summed E-state index contributed by atoms with van der Waals surface area (Å²) in [4.78, 5) is 8.39. The second-order valence-electron chi connectivity index (χ2n) is 5.47. The van der Waals surface area contributed by atoms with Gasteiger partial charge in [0, 0.05) is 42.7 Å². The Hall–Kier alpha value is -3.41. The SMILES string of the molecule is c1cncc(-c2cc(Cc3ccc(OCc4ccco4)nc3)no2)c1. The molecule has 0 saturated heterocycles. The molecule has 0 unspecified atom stereocenters. The predicted octanol–water partition coefficient (Wildman–Crippen LogP) is 3.89. The first-order valence-corrected chi connectivity index (χ1v) is 7.83. The summed E-state index contributed by atoms with van der Waals surface area (Å²) < 4.78 is 16.2. The summed E-state index contributed by atoms with van der Waals surface area (Å²) in [5.41, 5.74) is 2.77. The van der Waals surface area contributed by atoms with Crippen LogP contribution in [0.1, 0.15) is 17.0 Å². The molecule has 6 heteroatoms. The number of pyridine rings is 2. The molecule has 25 heavy (non-hydrogen) atoms. The first-order valence-electron chi connectivity index (χ1n) is 7.83. The molecular weight excluding hydrogens is 318 g/mol. The lowest BCUT2D eigenvalue weighted by Crippen LogP contribution is -1.97. The van der Waals surface area contributed by atoms with E-state index in [1.165, 1.54) is 0 Å². The molecule has 4 heterocycles. The molecule has 0 saturated carbocycles. The lowest BCUT2D eigenvalue weighted by Gasteiger charge is -2.04. The molecule has 0 amide bonds. The molecule has 0 bridgehead atoms. The van der Waals surface area contributed by atoms with Crippen molar-refractivity contribution in [2.45, 2.75) is 13.0 Å². The van der Waals surface area contributed by atoms with E-state index in [1.54, 1.807) is 24.9 Å². The topological polar surface area (TPSA) is 74.2 Å². The summed E-state index contributed by atoms with van der Waals surface area (Å²) >= 11 is 0. The molecule has 0 aromatic carbocycles. The van der Waals surface area contributed by atoms with Gasteiger partial charge in [-0.1, -0.05) is 11.2 Å². The van der Waals surface area contributed by atoms with Crippen LogP contribution in [0.3, 0.4) is 0 Å². The van der Waals surface area contributed by atoms with Crippen molar-refractivity contribution in [2.24, 2.45) is 0 Å². The second kappa shape index (κ2) is 7.00. The molecule has 4 aromatic heterocycles. The zero-order valence-electron chi connectivity index (χ0n) is 13.3. The van der Waals surface area contributed by atoms with E-state index in [1.807, 2.05) is 42.5 Å². The molecule has 0 spiro atoms. The van der Waals surface area contributed by atoms with Gasteiger partial charge in [0.2, 0.25) is 5.88 Å². The molecule has 0 atom stereocenters. The minimum Gasteiger partial charge on any atom is -0.469 e. The summed E-state index contributed by atoms with van der Waals surface area (Å²) in [5.74, 6) is 2.02. The molecule has 4 rings (SSSR count). The average molecular weight is 333 g/mol. The van der Waals surface area contributed by atoms with Crippen LogP contribution in [0.2, 0.25) is 0 Å². The Bertz CT molecular complexity index is 916. The first-order chi connectivity index (χ1) is 12.4. The molecule has 0 aliphatic rings. The minimum atomic E-state index is 0.358. The number of ether oxygens (including phenoxy) is 1. The monoisotopic (exact) mass is 333 g/mol. The summed E-state index contributed by atoms with van der Waals surface area (Å²) in [6.07, 6.45) is 7.50. The van der Waals surface area contributed by atoms with E-state index in [-0.39, 0.29) is 0 Å². The van der Waals surface area contributed by atoms with E-state index in [0.29, 0.717) is 24.7 Å². The Morgan fingerprint density at radius 3 is 2.80 bits per heavy atom. The third kappa shape index (κ3) is 3.74. The van der Waals surface area contributed by atoms with E-state index < -0.39 is 0 Å². The molecule has 4 aromatic rings. The molecular formula is C19H15N3O3. The molecule has 0 fully saturated rings. The van der Waals surface area contributed by atoms with Crippen molar-refractivity contribution in [3.05, 3.63) is 84.3 Å². The number of aromatic nitrogens is 3. The summed E-state index contributed by atoms with van der Waals surface area (Å²) in [7, 11) is 0. The van der Waals surface area contributed by atoms with Crippen LogP contribution in [0.15, 0.2) is 76.3 Å². The molecule has 124 valence electrons. The van der Waals surface area contributed by atoms with Gasteiger partial charge in [0.15, 0.2) is 5.76 Å².